The fraction of sp³-hybridized carbons (Fsp3) is 0.211. The Hall–Kier alpha value is -2.44. The van der Waals surface area contributed by atoms with E-state index < -0.39 is 34.0 Å². The highest BCUT2D eigenvalue weighted by atomic mass is 35.5. The van der Waals surface area contributed by atoms with Crippen LogP contribution in [0.3, 0.4) is 0 Å². The van der Waals surface area contributed by atoms with Crippen LogP contribution in [0.2, 0.25) is 5.02 Å². The highest BCUT2D eigenvalue weighted by molar-refractivity contribution is 7.87. The van der Waals surface area contributed by atoms with Crippen molar-refractivity contribution in [2.45, 2.75) is 18.5 Å². The summed E-state index contributed by atoms with van der Waals surface area (Å²) in [5.74, 6) is -1.15. The zero-order valence-electron chi connectivity index (χ0n) is 16.1. The number of aromatic nitrogens is 2. The van der Waals surface area contributed by atoms with Crippen molar-refractivity contribution in [1.29, 1.82) is 0 Å². The van der Waals surface area contributed by atoms with Crippen LogP contribution < -0.4 is 10.0 Å². The van der Waals surface area contributed by atoms with Crippen LogP contribution in [0.1, 0.15) is 17.3 Å². The summed E-state index contributed by atoms with van der Waals surface area (Å²) in [5, 5.41) is 4.36. The van der Waals surface area contributed by atoms with Gasteiger partial charge in [-0.3, -0.25) is 4.79 Å². The molecule has 0 aliphatic carbocycles. The molecule has 1 aliphatic heterocycles. The molecular weight excluding hydrogens is 465 g/mol. The minimum atomic E-state index is -3.90. The van der Waals surface area contributed by atoms with E-state index in [1.807, 2.05) is 11.4 Å². The predicted molar refractivity (Wildman–Crippen MR) is 116 cm³/mol. The summed E-state index contributed by atoms with van der Waals surface area (Å²) in [6.07, 6.45) is 4.98. The number of benzene rings is 1. The molecule has 1 amide bonds. The Balaban J connectivity index is 1.57. The van der Waals surface area contributed by atoms with Gasteiger partial charge in [0.25, 0.3) is 10.2 Å². The third-order valence-corrected chi connectivity index (χ3v) is 7.85. The van der Waals surface area contributed by atoms with Crippen LogP contribution in [-0.2, 0) is 15.0 Å². The molecule has 2 atom stereocenters. The number of rotatable bonds is 4. The molecular formula is C19H17ClFN5O3S2. The lowest BCUT2D eigenvalue weighted by atomic mass is 10.0. The molecule has 1 aliphatic rings. The lowest BCUT2D eigenvalue weighted by molar-refractivity contribution is -0.120. The van der Waals surface area contributed by atoms with Gasteiger partial charge in [-0.25, -0.2) is 14.4 Å². The monoisotopic (exact) mass is 481 g/mol. The van der Waals surface area contributed by atoms with Gasteiger partial charge in [-0.2, -0.15) is 17.4 Å². The van der Waals surface area contributed by atoms with Gasteiger partial charge in [0.15, 0.2) is 0 Å². The first-order valence-corrected chi connectivity index (χ1v) is 11.8. The van der Waals surface area contributed by atoms with Crippen LogP contribution in [0.4, 0.5) is 10.1 Å². The molecule has 3 aromatic rings. The first-order chi connectivity index (χ1) is 14.7. The van der Waals surface area contributed by atoms with Crippen molar-refractivity contribution < 1.29 is 17.6 Å². The molecule has 31 heavy (non-hydrogen) atoms. The third kappa shape index (κ3) is 4.60. The van der Waals surface area contributed by atoms with Gasteiger partial charge in [0.1, 0.15) is 18.2 Å². The molecule has 0 spiro atoms. The van der Waals surface area contributed by atoms with Crippen molar-refractivity contribution >= 4 is 44.7 Å². The Morgan fingerprint density at radius 3 is 2.74 bits per heavy atom. The molecule has 0 saturated carbocycles. The van der Waals surface area contributed by atoms with Gasteiger partial charge < -0.3 is 5.32 Å². The normalized spacial score (nSPS) is 21.0. The molecule has 12 heteroatoms. The molecule has 2 N–H and O–H groups in total. The summed E-state index contributed by atoms with van der Waals surface area (Å²) in [5.41, 5.74) is 1.95. The molecule has 162 valence electrons. The highest BCUT2D eigenvalue weighted by Crippen LogP contribution is 2.34. The highest BCUT2D eigenvalue weighted by Gasteiger charge is 2.41. The maximum atomic E-state index is 13.4. The van der Waals surface area contributed by atoms with Crippen molar-refractivity contribution in [2.75, 3.05) is 12.4 Å². The van der Waals surface area contributed by atoms with Gasteiger partial charge in [0.05, 0.1) is 11.1 Å². The first-order valence-electron chi connectivity index (χ1n) is 9.09. The van der Waals surface area contributed by atoms with E-state index in [1.54, 1.807) is 12.4 Å². The Bertz CT molecular complexity index is 1220. The quantitative estimate of drug-likeness (QED) is 0.595. The zero-order valence-corrected chi connectivity index (χ0v) is 18.5. The number of nitrogens with zero attached hydrogens (tertiary/aromatic N) is 3. The minimum absolute atomic E-state index is 0.141. The number of thiophene rings is 1. The Kier molecular flexibility index (Phi) is 6.04. The van der Waals surface area contributed by atoms with Gasteiger partial charge >= 0.3 is 0 Å². The summed E-state index contributed by atoms with van der Waals surface area (Å²) in [6.45, 7) is 0. The van der Waals surface area contributed by atoms with Gasteiger partial charge in [0, 0.05) is 35.6 Å². The summed E-state index contributed by atoms with van der Waals surface area (Å²) < 4.78 is 42.3. The molecule has 0 unspecified atom stereocenters. The maximum absolute atomic E-state index is 13.4. The van der Waals surface area contributed by atoms with Gasteiger partial charge in [-0.05, 0) is 41.6 Å². The summed E-state index contributed by atoms with van der Waals surface area (Å²) >= 11 is 7.15. The van der Waals surface area contributed by atoms with E-state index in [2.05, 4.69) is 20.0 Å². The summed E-state index contributed by atoms with van der Waals surface area (Å²) in [7, 11) is -2.56. The number of likely N-dealkylation sites (N-methyl/N-ethyl adjacent to an activating group) is 1. The molecule has 3 heterocycles. The van der Waals surface area contributed by atoms with Crippen LogP contribution in [0.15, 0.2) is 48.4 Å². The maximum Gasteiger partial charge on any atom is 0.280 e. The summed E-state index contributed by atoms with van der Waals surface area (Å²) in [4.78, 5) is 21.6. The Labute approximate surface area is 187 Å². The summed E-state index contributed by atoms with van der Waals surface area (Å²) in [6, 6.07) is 4.07. The van der Waals surface area contributed by atoms with E-state index in [0.717, 1.165) is 26.4 Å². The third-order valence-electron chi connectivity index (χ3n) is 4.92. The fourth-order valence-electron chi connectivity index (χ4n) is 3.23. The lowest BCUT2D eigenvalue weighted by Crippen LogP contribution is -2.55. The van der Waals surface area contributed by atoms with Crippen molar-refractivity contribution in [3.05, 3.63) is 64.1 Å². The topological polar surface area (TPSA) is 104 Å². The standard InChI is InChI=1S/C19H17ClFN5O3S2/c1-26-17(19(27)24-13-2-3-15(21)14(20)5-13)6-16(25-31(26,28)29)18-4-11(9-30-18)12-7-22-10-23-8-12/h2-5,7-10,16-17,25H,6H2,1H3,(H,24,27)/t16-,17+/m0/s1. The zero-order chi connectivity index (χ0) is 22.2. The smallest absolute Gasteiger partial charge is 0.280 e. The number of hydrogen-bond donors (Lipinski definition) is 2. The number of amides is 1. The number of anilines is 1. The van der Waals surface area contributed by atoms with Crippen molar-refractivity contribution in [2.24, 2.45) is 0 Å². The van der Waals surface area contributed by atoms with E-state index in [9.17, 15) is 17.6 Å². The van der Waals surface area contributed by atoms with Gasteiger partial charge in [-0.1, -0.05) is 11.6 Å². The predicted octanol–water partition coefficient (Wildman–Crippen LogP) is 3.22. The van der Waals surface area contributed by atoms with Crippen LogP contribution in [0, 0.1) is 5.82 Å². The van der Waals surface area contributed by atoms with Gasteiger partial charge in [0.2, 0.25) is 5.91 Å². The first kappa shape index (κ1) is 21.8. The Morgan fingerprint density at radius 2 is 2.03 bits per heavy atom. The molecule has 2 aromatic heterocycles. The van der Waals surface area contributed by atoms with E-state index in [-0.39, 0.29) is 17.1 Å². The second-order valence-corrected chi connectivity index (χ2v) is 10.0. The van der Waals surface area contributed by atoms with E-state index in [0.29, 0.717) is 0 Å². The van der Waals surface area contributed by atoms with E-state index in [1.165, 1.54) is 36.8 Å². The van der Waals surface area contributed by atoms with Gasteiger partial charge in [-0.15, -0.1) is 11.3 Å². The number of carbonyl (C=O) groups excluding carboxylic acids is 1. The minimum Gasteiger partial charge on any atom is -0.325 e. The lowest BCUT2D eigenvalue weighted by Gasteiger charge is -2.35. The fourth-order valence-corrected chi connectivity index (χ4v) is 5.73. The molecule has 8 nitrogen and oxygen atoms in total. The average molecular weight is 482 g/mol. The Morgan fingerprint density at radius 1 is 1.29 bits per heavy atom. The van der Waals surface area contributed by atoms with E-state index in [4.69, 9.17) is 11.6 Å². The number of halogens is 2. The van der Waals surface area contributed by atoms with Crippen molar-refractivity contribution in [3.8, 4) is 11.1 Å². The van der Waals surface area contributed by atoms with Crippen LogP contribution >= 0.6 is 22.9 Å². The number of nitrogens with one attached hydrogen (secondary N) is 2. The van der Waals surface area contributed by atoms with Crippen LogP contribution in [0.5, 0.6) is 0 Å². The molecule has 4 rings (SSSR count). The molecule has 0 radical (unpaired) electrons. The SMILES string of the molecule is CN1[C@@H](C(=O)Nc2ccc(F)c(Cl)c2)C[C@@H](c2cc(-c3cncnc3)cs2)NS1(=O)=O. The molecule has 1 saturated heterocycles. The molecule has 1 aromatic carbocycles. The second kappa shape index (κ2) is 8.60. The number of hydrogen-bond acceptors (Lipinski definition) is 6. The van der Waals surface area contributed by atoms with Crippen LogP contribution in [0.25, 0.3) is 11.1 Å². The van der Waals surface area contributed by atoms with Crippen molar-refractivity contribution in [1.82, 2.24) is 19.0 Å². The molecule has 0 bridgehead atoms. The second-order valence-electron chi connectivity index (χ2n) is 6.93. The average Bonchev–Trinajstić information content (AvgIpc) is 3.23. The molecule has 1 fully saturated rings. The number of carbonyl (C=O) groups is 1. The van der Waals surface area contributed by atoms with Crippen LogP contribution in [-0.4, -0.2) is 41.7 Å². The van der Waals surface area contributed by atoms with Crippen molar-refractivity contribution in [3.63, 3.8) is 0 Å². The van der Waals surface area contributed by atoms with E-state index >= 15 is 0 Å². The largest absolute Gasteiger partial charge is 0.325 e.